The second kappa shape index (κ2) is 11.4. The number of amides is 2. The number of halogens is 2. The lowest BCUT2D eigenvalue weighted by atomic mass is 9.69. The molecule has 0 unspecified atom stereocenters. The number of carbonyl (C=O) groups excluding carboxylic acids is 1. The maximum Gasteiger partial charge on any atom is 0.320 e. The van der Waals surface area contributed by atoms with Gasteiger partial charge in [0.25, 0.3) is 5.56 Å². The Balaban J connectivity index is 1.21. The van der Waals surface area contributed by atoms with Crippen molar-refractivity contribution in [3.63, 3.8) is 0 Å². The van der Waals surface area contributed by atoms with E-state index in [2.05, 4.69) is 4.98 Å². The van der Waals surface area contributed by atoms with Crippen LogP contribution in [0.4, 0.5) is 13.6 Å². The van der Waals surface area contributed by atoms with Crippen molar-refractivity contribution >= 4 is 6.03 Å². The van der Waals surface area contributed by atoms with Crippen molar-refractivity contribution in [2.45, 2.75) is 57.7 Å². The lowest BCUT2D eigenvalue weighted by Crippen LogP contribution is -2.57. The number of rotatable bonds is 4. The zero-order valence-corrected chi connectivity index (χ0v) is 23.3. The fourth-order valence-electron chi connectivity index (χ4n) is 7.09. The molecule has 1 aromatic heterocycles. The summed E-state index contributed by atoms with van der Waals surface area (Å²) in [4.78, 5) is 35.3. The first-order chi connectivity index (χ1) is 19.8. The molecule has 9 heteroatoms. The molecule has 3 atom stereocenters. The largest absolute Gasteiger partial charge is 0.374 e. The van der Waals surface area contributed by atoms with Gasteiger partial charge in [-0.1, -0.05) is 43.2 Å². The zero-order chi connectivity index (χ0) is 28.6. The van der Waals surface area contributed by atoms with Gasteiger partial charge in [0.15, 0.2) is 0 Å². The number of piperidine rings is 1. The fraction of sp³-hybridized carbons (Fsp3) is 0.469. The standard InChI is InChI=1S/C32H36F2N4O3/c1-22-17-38(29(19-41-22)26-15-25(33)9-10-27(26)34)31(40)36-14-11-24(32(20-36)12-5-6-13-32)18-37-21-35-28(16-30(37)39)23-7-3-2-4-8-23/h2-4,7-10,15-16,21-22,24,29H,5-6,11-14,17-20H2,1H3/t22-,24-,29-/m0/s1. The number of urea groups is 1. The van der Waals surface area contributed by atoms with Crippen LogP contribution in [-0.4, -0.2) is 57.7 Å². The molecule has 0 radical (unpaired) electrons. The third kappa shape index (κ3) is 5.52. The minimum absolute atomic E-state index is 0.0761. The Labute approximate surface area is 238 Å². The van der Waals surface area contributed by atoms with Crippen LogP contribution in [0, 0.1) is 23.0 Å². The average molecular weight is 563 g/mol. The topological polar surface area (TPSA) is 67.7 Å². The first-order valence-electron chi connectivity index (χ1n) is 14.6. The summed E-state index contributed by atoms with van der Waals surface area (Å²) in [7, 11) is 0. The van der Waals surface area contributed by atoms with Crippen LogP contribution >= 0.6 is 0 Å². The van der Waals surface area contributed by atoms with Gasteiger partial charge in [0.1, 0.15) is 11.6 Å². The molecule has 6 rings (SSSR count). The summed E-state index contributed by atoms with van der Waals surface area (Å²) >= 11 is 0. The molecule has 1 aliphatic carbocycles. The number of likely N-dealkylation sites (tertiary alicyclic amines) is 1. The average Bonchev–Trinajstić information content (AvgIpc) is 3.45. The highest BCUT2D eigenvalue weighted by Crippen LogP contribution is 2.49. The van der Waals surface area contributed by atoms with Crippen molar-refractivity contribution in [3.8, 4) is 11.3 Å². The van der Waals surface area contributed by atoms with Crippen molar-refractivity contribution in [1.29, 1.82) is 0 Å². The van der Waals surface area contributed by atoms with Crippen LogP contribution in [0.15, 0.2) is 65.7 Å². The number of hydrogen-bond donors (Lipinski definition) is 0. The maximum atomic E-state index is 14.8. The maximum absolute atomic E-state index is 14.8. The van der Waals surface area contributed by atoms with Crippen molar-refractivity contribution in [3.05, 3.63) is 88.5 Å². The van der Waals surface area contributed by atoms with E-state index in [4.69, 9.17) is 4.74 Å². The third-order valence-corrected chi connectivity index (χ3v) is 9.29. The Morgan fingerprint density at radius 1 is 1.10 bits per heavy atom. The van der Waals surface area contributed by atoms with Gasteiger partial charge in [-0.25, -0.2) is 18.6 Å². The molecule has 0 bridgehead atoms. The van der Waals surface area contributed by atoms with Crippen molar-refractivity contribution in [1.82, 2.24) is 19.4 Å². The molecule has 0 N–H and O–H groups in total. The smallest absolute Gasteiger partial charge is 0.320 e. The van der Waals surface area contributed by atoms with Gasteiger partial charge in [-0.2, -0.15) is 0 Å². The normalized spacial score (nSPS) is 24.1. The number of benzene rings is 2. The van der Waals surface area contributed by atoms with E-state index in [0.717, 1.165) is 49.8 Å². The van der Waals surface area contributed by atoms with Gasteiger partial charge >= 0.3 is 6.03 Å². The highest BCUT2D eigenvalue weighted by molar-refractivity contribution is 5.75. The van der Waals surface area contributed by atoms with Crippen LogP contribution in [0.2, 0.25) is 0 Å². The molecule has 216 valence electrons. The molecule has 3 fully saturated rings. The fourth-order valence-corrected chi connectivity index (χ4v) is 7.09. The van der Waals surface area contributed by atoms with Gasteiger partial charge in [-0.05, 0) is 55.7 Å². The summed E-state index contributed by atoms with van der Waals surface area (Å²) in [5.41, 5.74) is 1.54. The molecule has 41 heavy (non-hydrogen) atoms. The van der Waals surface area contributed by atoms with Crippen LogP contribution in [0.1, 0.15) is 50.6 Å². The summed E-state index contributed by atoms with van der Waals surface area (Å²) < 4.78 is 36.3. The quantitative estimate of drug-likeness (QED) is 0.412. The highest BCUT2D eigenvalue weighted by Gasteiger charge is 2.48. The van der Waals surface area contributed by atoms with Gasteiger partial charge in [-0.15, -0.1) is 0 Å². The summed E-state index contributed by atoms with van der Waals surface area (Å²) in [6.45, 7) is 4.00. The molecule has 2 aromatic carbocycles. The monoisotopic (exact) mass is 562 g/mol. The summed E-state index contributed by atoms with van der Waals surface area (Å²) in [5, 5.41) is 0. The molecule has 3 heterocycles. The van der Waals surface area contributed by atoms with Crippen LogP contribution in [0.3, 0.4) is 0 Å². The summed E-state index contributed by atoms with van der Waals surface area (Å²) in [6.07, 6.45) is 6.37. The lowest BCUT2D eigenvalue weighted by molar-refractivity contribution is -0.0512. The molecule has 7 nitrogen and oxygen atoms in total. The molecule has 1 saturated carbocycles. The molecule has 2 amide bonds. The Morgan fingerprint density at radius 3 is 2.63 bits per heavy atom. The van der Waals surface area contributed by atoms with E-state index in [1.807, 2.05) is 42.2 Å². The molecular weight excluding hydrogens is 526 g/mol. The number of hydrogen-bond acceptors (Lipinski definition) is 4. The second-order valence-electron chi connectivity index (χ2n) is 11.9. The van der Waals surface area contributed by atoms with Crippen molar-refractivity contribution < 1.29 is 18.3 Å². The van der Waals surface area contributed by atoms with E-state index < -0.39 is 17.7 Å². The first-order valence-corrected chi connectivity index (χ1v) is 14.6. The lowest BCUT2D eigenvalue weighted by Gasteiger charge is -2.49. The van der Waals surface area contributed by atoms with Crippen LogP contribution in [0.5, 0.6) is 0 Å². The number of carbonyl (C=O) groups is 1. The van der Waals surface area contributed by atoms with E-state index in [0.29, 0.717) is 31.9 Å². The predicted molar refractivity (Wildman–Crippen MR) is 151 cm³/mol. The van der Waals surface area contributed by atoms with Crippen molar-refractivity contribution in [2.24, 2.45) is 11.3 Å². The molecule has 1 spiro atoms. The van der Waals surface area contributed by atoms with E-state index in [9.17, 15) is 18.4 Å². The van der Waals surface area contributed by atoms with Crippen LogP contribution in [0.25, 0.3) is 11.3 Å². The molecule has 2 aliphatic heterocycles. The molecule has 2 saturated heterocycles. The summed E-state index contributed by atoms with van der Waals surface area (Å²) in [6, 6.07) is 13.8. The van der Waals surface area contributed by atoms with Crippen LogP contribution < -0.4 is 5.56 Å². The van der Waals surface area contributed by atoms with E-state index >= 15 is 0 Å². The third-order valence-electron chi connectivity index (χ3n) is 9.29. The Kier molecular flexibility index (Phi) is 7.64. The van der Waals surface area contributed by atoms with Gasteiger partial charge in [-0.3, -0.25) is 9.36 Å². The number of aromatic nitrogens is 2. The minimum Gasteiger partial charge on any atom is -0.374 e. The zero-order valence-electron chi connectivity index (χ0n) is 23.3. The Bertz CT molecular complexity index is 1460. The van der Waals surface area contributed by atoms with E-state index in [1.54, 1.807) is 21.9 Å². The van der Waals surface area contributed by atoms with E-state index in [-0.39, 0.29) is 41.2 Å². The number of nitrogens with zero attached hydrogens (tertiary/aromatic N) is 4. The molecule has 3 aliphatic rings. The van der Waals surface area contributed by atoms with E-state index in [1.165, 1.54) is 6.07 Å². The second-order valence-corrected chi connectivity index (χ2v) is 11.9. The molecular formula is C32H36F2N4O3. The Hall–Kier alpha value is -3.59. The van der Waals surface area contributed by atoms with Gasteiger partial charge in [0, 0.05) is 43.4 Å². The van der Waals surface area contributed by atoms with Gasteiger partial charge < -0.3 is 14.5 Å². The first kappa shape index (κ1) is 27.6. The van der Waals surface area contributed by atoms with Gasteiger partial charge in [0.05, 0.1) is 30.8 Å². The summed E-state index contributed by atoms with van der Waals surface area (Å²) in [5.74, 6) is -0.855. The number of morpholine rings is 1. The highest BCUT2D eigenvalue weighted by atomic mass is 19.1. The predicted octanol–water partition coefficient (Wildman–Crippen LogP) is 5.65. The SMILES string of the molecule is C[C@H]1CN(C(=O)N2CC[C@@H](Cn3cnc(-c4ccccc4)cc3=O)C3(CCCC3)C2)[C@H](c2cc(F)ccc2F)CO1. The minimum atomic E-state index is -0.695. The number of ether oxygens (including phenoxy) is 1. The molecule has 3 aromatic rings. The van der Waals surface area contributed by atoms with Crippen molar-refractivity contribution in [2.75, 3.05) is 26.2 Å². The van der Waals surface area contributed by atoms with Crippen LogP contribution in [-0.2, 0) is 11.3 Å². The Morgan fingerprint density at radius 2 is 1.88 bits per heavy atom. The van der Waals surface area contributed by atoms with Gasteiger partial charge in [0.2, 0.25) is 0 Å².